The molecule has 0 fully saturated rings. The third-order valence-corrected chi connectivity index (χ3v) is 6.73. The molecule has 34 heavy (non-hydrogen) atoms. The molecule has 2 aromatic rings. The van der Waals surface area contributed by atoms with Crippen LogP contribution in [0, 0.1) is 0 Å². The molecule has 1 amide bonds. The number of hydrogen-bond donors (Lipinski definition) is 0. The predicted molar refractivity (Wildman–Crippen MR) is 102 cm³/mol. The zero-order valence-electron chi connectivity index (χ0n) is 17.1. The normalized spacial score (nSPS) is 15.2. The van der Waals surface area contributed by atoms with Crippen molar-refractivity contribution in [2.75, 3.05) is 12.3 Å². The number of amides is 1. The Morgan fingerprint density at radius 3 is 2.15 bits per heavy atom. The SMILES string of the molecule is O=C(CCS(=O)(=O)C(F)(F)F)N1CCc2ccc(C(F)(F)c3ccc(C(F)(F)F)nc3)cc2C1. The summed E-state index contributed by atoms with van der Waals surface area (Å²) in [4.78, 5) is 16.3. The summed E-state index contributed by atoms with van der Waals surface area (Å²) in [7, 11) is -5.48. The molecule has 1 aromatic heterocycles. The summed E-state index contributed by atoms with van der Waals surface area (Å²) >= 11 is 0. The minimum Gasteiger partial charge on any atom is -0.338 e. The van der Waals surface area contributed by atoms with Gasteiger partial charge >= 0.3 is 11.7 Å². The number of fused-ring (bicyclic) bond motifs is 1. The first-order valence-corrected chi connectivity index (χ1v) is 11.3. The minimum absolute atomic E-state index is 0.0520. The molecule has 1 aliphatic heterocycles. The van der Waals surface area contributed by atoms with E-state index in [1.165, 1.54) is 6.07 Å². The number of nitrogens with zero attached hydrogens (tertiary/aromatic N) is 2. The van der Waals surface area contributed by atoms with Crippen molar-refractivity contribution in [1.82, 2.24) is 9.88 Å². The lowest BCUT2D eigenvalue weighted by Gasteiger charge is -2.30. The standard InChI is InChI=1S/C20H16F8N2O3S/c21-18(22,15-3-4-16(29-10-15)19(23,24)25)14-2-1-12-5-7-30(11-13(12)9-14)17(31)6-8-34(32,33)20(26,27)28/h1-4,9-10H,5-8,11H2. The van der Waals surface area contributed by atoms with E-state index in [4.69, 9.17) is 0 Å². The first-order chi connectivity index (χ1) is 15.5. The molecule has 0 saturated carbocycles. The van der Waals surface area contributed by atoms with Crippen molar-refractivity contribution in [2.45, 2.75) is 37.0 Å². The second-order valence-electron chi connectivity index (χ2n) is 7.57. The number of pyridine rings is 1. The molecule has 14 heteroatoms. The van der Waals surface area contributed by atoms with E-state index in [1.807, 2.05) is 0 Å². The molecule has 0 radical (unpaired) electrons. The lowest BCUT2D eigenvalue weighted by atomic mass is 9.93. The van der Waals surface area contributed by atoms with Crippen LogP contribution in [0.1, 0.15) is 34.4 Å². The largest absolute Gasteiger partial charge is 0.497 e. The van der Waals surface area contributed by atoms with E-state index in [9.17, 15) is 48.3 Å². The number of alkyl halides is 8. The van der Waals surface area contributed by atoms with E-state index >= 15 is 0 Å². The number of hydrogen-bond acceptors (Lipinski definition) is 4. The van der Waals surface area contributed by atoms with Gasteiger partial charge in [-0.1, -0.05) is 12.1 Å². The Bertz CT molecular complexity index is 1180. The summed E-state index contributed by atoms with van der Waals surface area (Å²) in [6.07, 6.45) is -5.11. The number of rotatable bonds is 5. The van der Waals surface area contributed by atoms with Crippen LogP contribution < -0.4 is 0 Å². The van der Waals surface area contributed by atoms with Crippen molar-refractivity contribution >= 4 is 15.7 Å². The van der Waals surface area contributed by atoms with Crippen molar-refractivity contribution in [3.63, 3.8) is 0 Å². The minimum atomic E-state index is -5.49. The number of halogens is 8. The highest BCUT2D eigenvalue weighted by atomic mass is 32.2. The average molecular weight is 516 g/mol. The Hall–Kier alpha value is -2.77. The van der Waals surface area contributed by atoms with Gasteiger partial charge in [0.05, 0.1) is 5.75 Å². The summed E-state index contributed by atoms with van der Waals surface area (Å²) < 4.78 is 127. The second kappa shape index (κ2) is 8.78. The van der Waals surface area contributed by atoms with Crippen LogP contribution in [0.25, 0.3) is 0 Å². The van der Waals surface area contributed by atoms with Crippen LogP contribution in [0.3, 0.4) is 0 Å². The highest BCUT2D eigenvalue weighted by Crippen LogP contribution is 2.38. The molecule has 0 N–H and O–H groups in total. The Labute approximate surface area is 188 Å². The molecule has 0 spiro atoms. The summed E-state index contributed by atoms with van der Waals surface area (Å²) in [6, 6.07) is 4.54. The summed E-state index contributed by atoms with van der Waals surface area (Å²) in [5.74, 6) is -6.04. The quantitative estimate of drug-likeness (QED) is 0.551. The van der Waals surface area contributed by atoms with E-state index < -0.39 is 62.3 Å². The van der Waals surface area contributed by atoms with Gasteiger partial charge in [-0.15, -0.1) is 0 Å². The van der Waals surface area contributed by atoms with Gasteiger partial charge in [0.15, 0.2) is 0 Å². The highest BCUT2D eigenvalue weighted by Gasteiger charge is 2.45. The fourth-order valence-electron chi connectivity index (χ4n) is 3.37. The number of sulfone groups is 1. The van der Waals surface area contributed by atoms with Crippen LogP contribution in [0.15, 0.2) is 36.5 Å². The number of benzene rings is 1. The molecule has 0 saturated heterocycles. The van der Waals surface area contributed by atoms with Gasteiger partial charge in [-0.2, -0.15) is 35.1 Å². The smallest absolute Gasteiger partial charge is 0.338 e. The fraction of sp³-hybridized carbons (Fsp3) is 0.400. The zero-order valence-corrected chi connectivity index (χ0v) is 17.9. The molecule has 0 atom stereocenters. The third kappa shape index (κ3) is 5.31. The highest BCUT2D eigenvalue weighted by molar-refractivity contribution is 7.92. The molecule has 2 heterocycles. The van der Waals surface area contributed by atoms with Crippen LogP contribution in [0.2, 0.25) is 0 Å². The van der Waals surface area contributed by atoms with Gasteiger partial charge in [0.1, 0.15) is 5.69 Å². The maximum Gasteiger partial charge on any atom is 0.497 e. The van der Waals surface area contributed by atoms with Gasteiger partial charge in [0, 0.05) is 36.8 Å². The molecular weight excluding hydrogens is 500 g/mol. The summed E-state index contributed by atoms with van der Waals surface area (Å²) in [5, 5.41) is 0. The van der Waals surface area contributed by atoms with Gasteiger partial charge in [-0.3, -0.25) is 9.78 Å². The van der Waals surface area contributed by atoms with E-state index in [1.54, 1.807) is 0 Å². The molecular formula is C20H16F8N2O3S. The van der Waals surface area contributed by atoms with Gasteiger partial charge in [-0.25, -0.2) is 8.42 Å². The van der Waals surface area contributed by atoms with Crippen LogP contribution in [0.4, 0.5) is 35.1 Å². The van der Waals surface area contributed by atoms with Gasteiger partial charge < -0.3 is 4.90 Å². The van der Waals surface area contributed by atoms with Crippen molar-refractivity contribution in [3.8, 4) is 0 Å². The number of aromatic nitrogens is 1. The number of carbonyl (C=O) groups excluding carboxylic acids is 1. The zero-order chi connectivity index (χ0) is 25.5. The Morgan fingerprint density at radius 2 is 1.59 bits per heavy atom. The van der Waals surface area contributed by atoms with Crippen molar-refractivity contribution in [3.05, 3.63) is 64.5 Å². The van der Waals surface area contributed by atoms with Crippen molar-refractivity contribution < 1.29 is 48.3 Å². The molecule has 1 aromatic carbocycles. The fourth-order valence-corrected chi connectivity index (χ4v) is 4.05. The average Bonchev–Trinajstić information content (AvgIpc) is 2.75. The van der Waals surface area contributed by atoms with E-state index in [0.29, 0.717) is 23.9 Å². The number of carbonyl (C=O) groups is 1. The van der Waals surface area contributed by atoms with Crippen molar-refractivity contribution in [1.29, 1.82) is 0 Å². The molecule has 0 bridgehead atoms. The van der Waals surface area contributed by atoms with Gasteiger partial charge in [0.25, 0.3) is 5.92 Å². The van der Waals surface area contributed by atoms with Crippen LogP contribution in [-0.4, -0.2) is 42.0 Å². The molecule has 3 rings (SSSR count). The van der Waals surface area contributed by atoms with E-state index in [-0.39, 0.29) is 25.1 Å². The Morgan fingerprint density at radius 1 is 0.941 bits per heavy atom. The van der Waals surface area contributed by atoms with Gasteiger partial charge in [0.2, 0.25) is 15.7 Å². The van der Waals surface area contributed by atoms with Crippen molar-refractivity contribution in [2.24, 2.45) is 0 Å². The molecule has 0 unspecified atom stereocenters. The predicted octanol–water partition coefficient (Wildman–Crippen LogP) is 4.45. The third-order valence-electron chi connectivity index (χ3n) is 5.29. The van der Waals surface area contributed by atoms with Crippen LogP contribution in [0.5, 0.6) is 0 Å². The lowest BCUT2D eigenvalue weighted by Crippen LogP contribution is -2.38. The van der Waals surface area contributed by atoms with E-state index in [0.717, 1.165) is 17.0 Å². The van der Waals surface area contributed by atoms with Crippen LogP contribution >= 0.6 is 0 Å². The monoisotopic (exact) mass is 516 g/mol. The van der Waals surface area contributed by atoms with Crippen LogP contribution in [-0.2, 0) is 39.7 Å². The molecule has 1 aliphatic rings. The second-order valence-corrected chi connectivity index (χ2v) is 9.67. The van der Waals surface area contributed by atoms with Gasteiger partial charge in [-0.05, 0) is 35.7 Å². The lowest BCUT2D eigenvalue weighted by molar-refractivity contribution is -0.141. The Balaban J connectivity index is 1.77. The first-order valence-electron chi connectivity index (χ1n) is 9.63. The summed E-state index contributed by atoms with van der Waals surface area (Å²) in [6.45, 7) is -0.189. The maximum absolute atomic E-state index is 14.9. The molecule has 5 nitrogen and oxygen atoms in total. The first kappa shape index (κ1) is 25.8. The summed E-state index contributed by atoms with van der Waals surface area (Å²) in [5.41, 5.74) is -7.34. The Kier molecular flexibility index (Phi) is 6.68. The molecule has 186 valence electrons. The topological polar surface area (TPSA) is 67.3 Å². The molecule has 0 aliphatic carbocycles. The maximum atomic E-state index is 14.9. The van der Waals surface area contributed by atoms with E-state index in [2.05, 4.69) is 4.98 Å².